The third kappa shape index (κ3) is 2.08. The third-order valence-electron chi connectivity index (χ3n) is 6.14. The van der Waals surface area contributed by atoms with Crippen LogP contribution in [-0.4, -0.2) is 14.4 Å². The van der Waals surface area contributed by atoms with E-state index in [9.17, 15) is 0 Å². The summed E-state index contributed by atoms with van der Waals surface area (Å²) >= 11 is 0. The molecule has 6 unspecified atom stereocenters. The van der Waals surface area contributed by atoms with Crippen molar-refractivity contribution >= 4 is 8.32 Å². The zero-order chi connectivity index (χ0) is 13.7. The van der Waals surface area contributed by atoms with Crippen molar-refractivity contribution in [1.82, 2.24) is 0 Å². The Morgan fingerprint density at radius 2 is 1.75 bits per heavy atom. The van der Waals surface area contributed by atoms with Gasteiger partial charge in [-0.15, -0.1) is 0 Å². The molecule has 0 aliphatic heterocycles. The van der Waals surface area contributed by atoms with Crippen LogP contribution >= 0.6 is 0 Å². The van der Waals surface area contributed by atoms with Crippen LogP contribution in [0.15, 0.2) is 36.5 Å². The average molecular weight is 286 g/mol. The Morgan fingerprint density at radius 3 is 2.50 bits per heavy atom. The maximum atomic E-state index is 6.82. The zero-order valence-corrected chi connectivity index (χ0v) is 13.7. The summed E-state index contributed by atoms with van der Waals surface area (Å²) in [5.41, 5.74) is 0.861. The summed E-state index contributed by atoms with van der Waals surface area (Å²) < 4.78 is 6.82. The van der Waals surface area contributed by atoms with Gasteiger partial charge >= 0.3 is 0 Å². The lowest BCUT2D eigenvalue weighted by Crippen LogP contribution is -2.43. The van der Waals surface area contributed by atoms with Crippen molar-refractivity contribution in [2.45, 2.75) is 50.4 Å². The molecule has 108 valence electrons. The first-order chi connectivity index (χ1) is 9.63. The fourth-order valence-electron chi connectivity index (χ4n) is 5.10. The SMILES string of the molecule is C[Si](C)(OC1CCC2C=CC=CC21)C1CC2C=CC1C2. The van der Waals surface area contributed by atoms with Gasteiger partial charge in [0.1, 0.15) is 0 Å². The molecule has 2 bridgehead atoms. The highest BCUT2D eigenvalue weighted by molar-refractivity contribution is 6.72. The highest BCUT2D eigenvalue weighted by Crippen LogP contribution is 2.53. The van der Waals surface area contributed by atoms with Gasteiger partial charge in [0.05, 0.1) is 6.10 Å². The second-order valence-corrected chi connectivity index (χ2v) is 11.9. The molecular formula is C18H26OSi. The minimum Gasteiger partial charge on any atom is -0.414 e. The van der Waals surface area contributed by atoms with Gasteiger partial charge in [-0.2, -0.15) is 0 Å². The summed E-state index contributed by atoms with van der Waals surface area (Å²) in [7, 11) is -1.57. The van der Waals surface area contributed by atoms with E-state index >= 15 is 0 Å². The molecule has 0 radical (unpaired) electrons. The van der Waals surface area contributed by atoms with Crippen LogP contribution in [0, 0.1) is 23.7 Å². The number of hydrogen-bond acceptors (Lipinski definition) is 1. The molecule has 0 spiro atoms. The van der Waals surface area contributed by atoms with E-state index in [1.54, 1.807) is 0 Å². The summed E-state index contributed by atoms with van der Waals surface area (Å²) in [6.45, 7) is 4.95. The second-order valence-electron chi connectivity index (χ2n) is 7.73. The van der Waals surface area contributed by atoms with Crippen LogP contribution in [0.3, 0.4) is 0 Å². The molecule has 4 aliphatic carbocycles. The third-order valence-corrected chi connectivity index (χ3v) is 9.50. The molecule has 0 aromatic rings. The average Bonchev–Trinajstić information content (AvgIpc) is 3.14. The van der Waals surface area contributed by atoms with Crippen molar-refractivity contribution in [2.75, 3.05) is 0 Å². The Balaban J connectivity index is 1.47. The number of allylic oxidation sites excluding steroid dienone is 5. The van der Waals surface area contributed by atoms with Crippen LogP contribution in [-0.2, 0) is 4.43 Å². The Kier molecular flexibility index (Phi) is 3.08. The Morgan fingerprint density at radius 1 is 0.900 bits per heavy atom. The minimum absolute atomic E-state index is 0.492. The van der Waals surface area contributed by atoms with Gasteiger partial charge in [0.2, 0.25) is 0 Å². The second kappa shape index (κ2) is 4.71. The van der Waals surface area contributed by atoms with Crippen molar-refractivity contribution in [1.29, 1.82) is 0 Å². The quantitative estimate of drug-likeness (QED) is 0.540. The van der Waals surface area contributed by atoms with E-state index in [1.165, 1.54) is 25.7 Å². The Bertz CT molecular complexity index is 476. The molecule has 2 saturated carbocycles. The smallest absolute Gasteiger partial charge is 0.190 e. The lowest BCUT2D eigenvalue weighted by Gasteiger charge is -2.37. The molecule has 2 heteroatoms. The fourth-order valence-corrected chi connectivity index (χ4v) is 8.48. The van der Waals surface area contributed by atoms with E-state index in [4.69, 9.17) is 4.43 Å². The van der Waals surface area contributed by atoms with Gasteiger partial charge in [-0.3, -0.25) is 0 Å². The summed E-state index contributed by atoms with van der Waals surface area (Å²) in [6.07, 6.45) is 20.0. The number of hydrogen-bond donors (Lipinski definition) is 0. The largest absolute Gasteiger partial charge is 0.414 e. The lowest BCUT2D eigenvalue weighted by molar-refractivity contribution is 0.156. The highest BCUT2D eigenvalue weighted by atomic mass is 28.4. The van der Waals surface area contributed by atoms with Gasteiger partial charge < -0.3 is 4.43 Å². The predicted octanol–water partition coefficient (Wildman–Crippen LogP) is 4.70. The maximum absolute atomic E-state index is 6.82. The van der Waals surface area contributed by atoms with Crippen LogP contribution in [0.2, 0.25) is 18.6 Å². The predicted molar refractivity (Wildman–Crippen MR) is 86.0 cm³/mol. The summed E-state index contributed by atoms with van der Waals surface area (Å²) in [6, 6.07) is 0. The molecule has 0 aromatic carbocycles. The van der Waals surface area contributed by atoms with E-state index in [-0.39, 0.29) is 0 Å². The summed E-state index contributed by atoms with van der Waals surface area (Å²) in [4.78, 5) is 0. The van der Waals surface area contributed by atoms with E-state index in [0.717, 1.165) is 23.3 Å². The van der Waals surface area contributed by atoms with E-state index in [1.807, 2.05) is 0 Å². The molecule has 1 nitrogen and oxygen atoms in total. The normalized spacial score (nSPS) is 45.3. The molecule has 6 atom stereocenters. The van der Waals surface area contributed by atoms with Gasteiger partial charge in [-0.05, 0) is 62.1 Å². The summed E-state index contributed by atoms with van der Waals surface area (Å²) in [5, 5.41) is 0. The molecule has 4 aliphatic rings. The van der Waals surface area contributed by atoms with Crippen LogP contribution < -0.4 is 0 Å². The van der Waals surface area contributed by atoms with Crippen LogP contribution in [0.5, 0.6) is 0 Å². The monoisotopic (exact) mass is 286 g/mol. The highest BCUT2D eigenvalue weighted by Gasteiger charge is 2.48. The van der Waals surface area contributed by atoms with E-state index < -0.39 is 8.32 Å². The summed E-state index contributed by atoms with van der Waals surface area (Å²) in [5.74, 6) is 3.10. The minimum atomic E-state index is -1.57. The van der Waals surface area contributed by atoms with E-state index in [0.29, 0.717) is 12.0 Å². The molecule has 0 aromatic heterocycles. The molecule has 0 amide bonds. The Hall–Kier alpha value is -0.603. The molecule has 0 N–H and O–H groups in total. The molecular weight excluding hydrogens is 260 g/mol. The molecule has 0 heterocycles. The molecule has 0 saturated heterocycles. The van der Waals surface area contributed by atoms with Crippen LogP contribution in [0.4, 0.5) is 0 Å². The molecule has 20 heavy (non-hydrogen) atoms. The first kappa shape index (κ1) is 13.1. The van der Waals surface area contributed by atoms with Gasteiger partial charge in [-0.25, -0.2) is 0 Å². The van der Waals surface area contributed by atoms with Crippen molar-refractivity contribution in [2.24, 2.45) is 23.7 Å². The zero-order valence-electron chi connectivity index (χ0n) is 12.7. The molecule has 2 fully saturated rings. The maximum Gasteiger partial charge on any atom is 0.190 e. The van der Waals surface area contributed by atoms with Crippen molar-refractivity contribution in [3.63, 3.8) is 0 Å². The fraction of sp³-hybridized carbons (Fsp3) is 0.667. The van der Waals surface area contributed by atoms with Crippen molar-refractivity contribution in [3.05, 3.63) is 36.5 Å². The lowest BCUT2D eigenvalue weighted by atomic mass is 9.91. The van der Waals surface area contributed by atoms with Crippen LogP contribution in [0.25, 0.3) is 0 Å². The molecule has 4 rings (SSSR count). The standard InChI is InChI=1S/C18H26OSi/c1-20(2,18-12-13-7-8-15(18)11-13)19-17-10-9-14-5-3-4-6-16(14)17/h3-8,13-18H,9-12H2,1-2H3. The first-order valence-electron chi connectivity index (χ1n) is 8.34. The van der Waals surface area contributed by atoms with E-state index in [2.05, 4.69) is 49.6 Å². The Labute approximate surface area is 123 Å². The van der Waals surface area contributed by atoms with Crippen molar-refractivity contribution < 1.29 is 4.43 Å². The first-order valence-corrected chi connectivity index (χ1v) is 11.3. The number of fused-ring (bicyclic) bond motifs is 3. The van der Waals surface area contributed by atoms with Crippen LogP contribution in [0.1, 0.15) is 25.7 Å². The van der Waals surface area contributed by atoms with Gasteiger partial charge in [0.25, 0.3) is 0 Å². The van der Waals surface area contributed by atoms with Gasteiger partial charge in [0.15, 0.2) is 8.32 Å². The van der Waals surface area contributed by atoms with Gasteiger partial charge in [-0.1, -0.05) is 36.5 Å². The van der Waals surface area contributed by atoms with Crippen molar-refractivity contribution in [3.8, 4) is 0 Å². The number of rotatable bonds is 3. The topological polar surface area (TPSA) is 9.23 Å². The van der Waals surface area contributed by atoms with Gasteiger partial charge in [0, 0.05) is 5.92 Å².